The summed E-state index contributed by atoms with van der Waals surface area (Å²) in [6, 6.07) is 4.84. The summed E-state index contributed by atoms with van der Waals surface area (Å²) in [5, 5.41) is 12.6. The highest BCUT2D eigenvalue weighted by Crippen LogP contribution is 2.26. The minimum atomic E-state index is -0.551. The fraction of sp³-hybridized carbons (Fsp3) is 0.455. The highest BCUT2D eigenvalue weighted by molar-refractivity contribution is 5.31. The molecule has 0 aliphatic carbocycles. The van der Waals surface area contributed by atoms with Crippen LogP contribution in [-0.2, 0) is 0 Å². The number of hydrogen-bond acceptors (Lipinski definition) is 2. The zero-order valence-electron chi connectivity index (χ0n) is 7.96. The van der Waals surface area contributed by atoms with Crippen molar-refractivity contribution in [3.05, 3.63) is 29.6 Å². The second-order valence-electron chi connectivity index (χ2n) is 3.71. The first-order valence-electron chi connectivity index (χ1n) is 4.99. The first-order valence-corrected chi connectivity index (χ1v) is 4.99. The van der Waals surface area contributed by atoms with Gasteiger partial charge in [0, 0.05) is 6.04 Å². The van der Waals surface area contributed by atoms with Gasteiger partial charge in [0.1, 0.15) is 0 Å². The molecule has 2 N–H and O–H groups in total. The molecule has 0 bridgehead atoms. The van der Waals surface area contributed by atoms with Crippen molar-refractivity contribution in [2.75, 3.05) is 6.54 Å². The molecule has 2 nitrogen and oxygen atoms in total. The zero-order chi connectivity index (χ0) is 9.97. The van der Waals surface area contributed by atoms with E-state index in [0.717, 1.165) is 18.5 Å². The maximum absolute atomic E-state index is 12.8. The maximum Gasteiger partial charge on any atom is 0.164 e. The van der Waals surface area contributed by atoms with Crippen molar-refractivity contribution in [2.45, 2.75) is 25.3 Å². The molecule has 1 aliphatic rings. The fourth-order valence-corrected chi connectivity index (χ4v) is 1.88. The number of halogens is 1. The number of rotatable bonds is 1. The van der Waals surface area contributed by atoms with Gasteiger partial charge in [0.25, 0.3) is 0 Å². The molecule has 1 atom stereocenters. The smallest absolute Gasteiger partial charge is 0.164 e. The van der Waals surface area contributed by atoms with Crippen LogP contribution in [0.5, 0.6) is 5.75 Å². The van der Waals surface area contributed by atoms with Crippen molar-refractivity contribution in [1.82, 2.24) is 5.32 Å². The molecular weight excluding hydrogens is 181 g/mol. The van der Waals surface area contributed by atoms with Gasteiger partial charge in [-0.1, -0.05) is 12.5 Å². The summed E-state index contributed by atoms with van der Waals surface area (Å²) >= 11 is 0. The largest absolute Gasteiger partial charge is 0.505 e. The predicted molar refractivity (Wildman–Crippen MR) is 52.7 cm³/mol. The fourth-order valence-electron chi connectivity index (χ4n) is 1.88. The van der Waals surface area contributed by atoms with Crippen molar-refractivity contribution in [2.24, 2.45) is 0 Å². The average Bonchev–Trinajstić information content (AvgIpc) is 2.23. The van der Waals surface area contributed by atoms with Crippen LogP contribution < -0.4 is 5.32 Å². The summed E-state index contributed by atoms with van der Waals surface area (Å²) in [4.78, 5) is 0. The van der Waals surface area contributed by atoms with E-state index in [0.29, 0.717) is 0 Å². The predicted octanol–water partition coefficient (Wildman–Crippen LogP) is 2.35. The van der Waals surface area contributed by atoms with Gasteiger partial charge in [-0.2, -0.15) is 0 Å². The third-order valence-corrected chi connectivity index (χ3v) is 2.68. The summed E-state index contributed by atoms with van der Waals surface area (Å²) in [6.45, 7) is 1.00. The number of hydrogen-bond donors (Lipinski definition) is 2. The highest BCUT2D eigenvalue weighted by atomic mass is 19.1. The van der Waals surface area contributed by atoms with Crippen LogP contribution in [0.25, 0.3) is 0 Å². The summed E-state index contributed by atoms with van der Waals surface area (Å²) in [7, 11) is 0. The minimum absolute atomic E-state index is 0.255. The minimum Gasteiger partial charge on any atom is -0.505 e. The van der Waals surface area contributed by atoms with Crippen LogP contribution in [0.2, 0.25) is 0 Å². The number of piperidine rings is 1. The van der Waals surface area contributed by atoms with E-state index in [1.807, 2.05) is 0 Å². The van der Waals surface area contributed by atoms with Gasteiger partial charge in [0.05, 0.1) is 0 Å². The van der Waals surface area contributed by atoms with Gasteiger partial charge < -0.3 is 10.4 Å². The Labute approximate surface area is 82.8 Å². The van der Waals surface area contributed by atoms with E-state index in [4.69, 9.17) is 0 Å². The second kappa shape index (κ2) is 3.96. The van der Waals surface area contributed by atoms with E-state index in [1.165, 1.54) is 25.0 Å². The molecule has 0 spiro atoms. The molecule has 1 aromatic carbocycles. The van der Waals surface area contributed by atoms with Crippen molar-refractivity contribution in [1.29, 1.82) is 0 Å². The van der Waals surface area contributed by atoms with Crippen LogP contribution in [0, 0.1) is 5.82 Å². The number of phenols is 1. The zero-order valence-corrected chi connectivity index (χ0v) is 7.96. The van der Waals surface area contributed by atoms with Crippen LogP contribution in [0.3, 0.4) is 0 Å². The Bertz CT molecular complexity index is 321. The monoisotopic (exact) mass is 195 g/mol. The molecule has 1 fully saturated rings. The molecule has 1 aliphatic heterocycles. The van der Waals surface area contributed by atoms with Gasteiger partial charge in [-0.25, -0.2) is 4.39 Å². The Kier molecular flexibility index (Phi) is 2.68. The van der Waals surface area contributed by atoms with Crippen LogP contribution in [-0.4, -0.2) is 11.7 Å². The Balaban J connectivity index is 2.18. The lowest BCUT2D eigenvalue weighted by atomic mass is 9.97. The van der Waals surface area contributed by atoms with E-state index < -0.39 is 5.82 Å². The third-order valence-electron chi connectivity index (χ3n) is 2.68. The molecule has 1 aromatic rings. The Morgan fingerprint density at radius 1 is 1.36 bits per heavy atom. The molecule has 1 saturated heterocycles. The molecule has 3 heteroatoms. The van der Waals surface area contributed by atoms with Crippen LogP contribution in [0.1, 0.15) is 30.9 Å². The van der Waals surface area contributed by atoms with E-state index in [1.54, 1.807) is 6.07 Å². The van der Waals surface area contributed by atoms with Gasteiger partial charge in [-0.3, -0.25) is 0 Å². The molecule has 0 aromatic heterocycles. The van der Waals surface area contributed by atoms with Crippen molar-refractivity contribution < 1.29 is 9.50 Å². The number of phenolic OH excluding ortho intramolecular Hbond substituents is 1. The molecule has 0 radical (unpaired) electrons. The van der Waals surface area contributed by atoms with E-state index in [-0.39, 0.29) is 11.8 Å². The molecule has 1 heterocycles. The standard InChI is InChI=1S/C11H14FNO/c12-9-5-4-8(7-11(9)14)10-3-1-2-6-13-10/h4-5,7,10,13-14H,1-3,6H2/t10-/m1/s1. The lowest BCUT2D eigenvalue weighted by Gasteiger charge is -2.23. The lowest BCUT2D eigenvalue weighted by molar-refractivity contribution is 0.403. The number of nitrogens with one attached hydrogen (secondary N) is 1. The molecule has 0 unspecified atom stereocenters. The van der Waals surface area contributed by atoms with Crippen molar-refractivity contribution in [3.8, 4) is 5.75 Å². The lowest BCUT2D eigenvalue weighted by Crippen LogP contribution is -2.26. The van der Waals surface area contributed by atoms with Gasteiger partial charge in [0.2, 0.25) is 0 Å². The second-order valence-corrected chi connectivity index (χ2v) is 3.71. The maximum atomic E-state index is 12.8. The van der Waals surface area contributed by atoms with E-state index in [9.17, 15) is 9.50 Å². The van der Waals surface area contributed by atoms with Crippen LogP contribution in [0.15, 0.2) is 18.2 Å². The topological polar surface area (TPSA) is 32.3 Å². The van der Waals surface area contributed by atoms with Crippen molar-refractivity contribution in [3.63, 3.8) is 0 Å². The first kappa shape index (κ1) is 9.46. The molecule has 0 saturated carbocycles. The number of aromatic hydroxyl groups is 1. The Morgan fingerprint density at radius 3 is 2.86 bits per heavy atom. The highest BCUT2D eigenvalue weighted by Gasteiger charge is 2.15. The summed E-state index contributed by atoms with van der Waals surface area (Å²) in [6.07, 6.45) is 3.45. The van der Waals surface area contributed by atoms with Gasteiger partial charge in [-0.15, -0.1) is 0 Å². The number of benzene rings is 1. The first-order chi connectivity index (χ1) is 6.77. The molecule has 76 valence electrons. The SMILES string of the molecule is Oc1cc([C@H]2CCCCN2)ccc1F. The van der Waals surface area contributed by atoms with Crippen LogP contribution >= 0.6 is 0 Å². The summed E-state index contributed by atoms with van der Waals surface area (Å²) < 4.78 is 12.8. The average molecular weight is 195 g/mol. The van der Waals surface area contributed by atoms with Crippen molar-refractivity contribution >= 4 is 0 Å². The van der Waals surface area contributed by atoms with E-state index in [2.05, 4.69) is 5.32 Å². The summed E-state index contributed by atoms with van der Waals surface area (Å²) in [5.41, 5.74) is 0.976. The molecular formula is C11H14FNO. The van der Waals surface area contributed by atoms with Gasteiger partial charge in [-0.05, 0) is 37.1 Å². The van der Waals surface area contributed by atoms with Gasteiger partial charge >= 0.3 is 0 Å². The quantitative estimate of drug-likeness (QED) is 0.721. The Hall–Kier alpha value is -1.09. The molecule has 0 amide bonds. The molecule has 14 heavy (non-hydrogen) atoms. The van der Waals surface area contributed by atoms with E-state index >= 15 is 0 Å². The van der Waals surface area contributed by atoms with Gasteiger partial charge in [0.15, 0.2) is 11.6 Å². The Morgan fingerprint density at radius 2 is 2.21 bits per heavy atom. The summed E-state index contributed by atoms with van der Waals surface area (Å²) in [5.74, 6) is -0.806. The molecule has 2 rings (SSSR count). The van der Waals surface area contributed by atoms with Crippen LogP contribution in [0.4, 0.5) is 4.39 Å². The third kappa shape index (κ3) is 1.87. The normalized spacial score (nSPS) is 22.2.